The number of aliphatic hydroxyl groups excluding tert-OH is 1. The third-order valence-corrected chi connectivity index (χ3v) is 5.72. The molecule has 1 saturated carbocycles. The first-order chi connectivity index (χ1) is 9.54. The molecule has 1 aromatic carbocycles. The van der Waals surface area contributed by atoms with Gasteiger partial charge in [0.25, 0.3) is 10.2 Å². The average Bonchev–Trinajstić information content (AvgIpc) is 2.42. The lowest BCUT2D eigenvalue weighted by Crippen LogP contribution is -2.46. The molecule has 2 aliphatic rings. The van der Waals surface area contributed by atoms with Gasteiger partial charge in [0.2, 0.25) is 0 Å². The summed E-state index contributed by atoms with van der Waals surface area (Å²) in [6, 6.07) is 7.98. The monoisotopic (exact) mass is 296 g/mol. The smallest absolute Gasteiger partial charge is 0.279 e. The number of aliphatic hydroxyl groups is 1. The summed E-state index contributed by atoms with van der Waals surface area (Å²) in [7, 11) is -3.41. The van der Waals surface area contributed by atoms with Crippen molar-refractivity contribution in [3.05, 3.63) is 35.4 Å². The van der Waals surface area contributed by atoms with Gasteiger partial charge in [0.1, 0.15) is 0 Å². The van der Waals surface area contributed by atoms with E-state index in [1.54, 1.807) is 0 Å². The number of nitrogens with one attached hydrogen (secondary N) is 1. The predicted octanol–water partition coefficient (Wildman–Crippen LogP) is 0.650. The fraction of sp³-hybridized carbons (Fsp3) is 0.571. The van der Waals surface area contributed by atoms with Gasteiger partial charge in [-0.05, 0) is 36.3 Å². The van der Waals surface area contributed by atoms with E-state index in [4.69, 9.17) is 0 Å². The minimum absolute atomic E-state index is 0.244. The van der Waals surface area contributed by atoms with Crippen molar-refractivity contribution in [2.24, 2.45) is 5.92 Å². The molecule has 0 aromatic heterocycles. The lowest BCUT2D eigenvalue weighted by atomic mass is 9.83. The highest BCUT2D eigenvalue weighted by Crippen LogP contribution is 2.27. The fourth-order valence-corrected chi connectivity index (χ4v) is 4.13. The highest BCUT2D eigenvalue weighted by molar-refractivity contribution is 7.87. The van der Waals surface area contributed by atoms with Crippen LogP contribution in [0, 0.1) is 5.92 Å². The Bertz CT molecular complexity index is 582. The van der Waals surface area contributed by atoms with Crippen LogP contribution in [0.15, 0.2) is 24.3 Å². The normalized spacial score (nSPS) is 26.9. The van der Waals surface area contributed by atoms with Crippen molar-refractivity contribution < 1.29 is 13.5 Å². The maximum absolute atomic E-state index is 12.3. The molecular weight excluding hydrogens is 276 g/mol. The van der Waals surface area contributed by atoms with Crippen LogP contribution in [0.4, 0.5) is 0 Å². The second-order valence-corrected chi connectivity index (χ2v) is 7.45. The standard InChI is InChI=1S/C14H20N2O3S/c17-14-7-11(8-14)9-15-20(18,19)16-6-5-12-3-1-2-4-13(12)10-16/h1-4,11,14-15,17H,5-10H2. The SMILES string of the molecule is O=S(=O)(NCC1CC(O)C1)N1CCc2ccccc2C1. The van der Waals surface area contributed by atoms with Gasteiger partial charge in [-0.25, -0.2) is 4.72 Å². The van der Waals surface area contributed by atoms with Crippen molar-refractivity contribution in [3.8, 4) is 0 Å². The van der Waals surface area contributed by atoms with Crippen molar-refractivity contribution in [3.63, 3.8) is 0 Å². The Labute approximate surface area is 119 Å². The molecule has 20 heavy (non-hydrogen) atoms. The third-order valence-electron chi connectivity index (χ3n) is 4.20. The van der Waals surface area contributed by atoms with Crippen molar-refractivity contribution in [1.82, 2.24) is 9.03 Å². The molecule has 1 heterocycles. The Morgan fingerprint density at radius 3 is 2.65 bits per heavy atom. The van der Waals surface area contributed by atoms with Crippen LogP contribution in [-0.2, 0) is 23.2 Å². The van der Waals surface area contributed by atoms with Gasteiger partial charge in [0, 0.05) is 19.6 Å². The molecule has 1 fully saturated rings. The van der Waals surface area contributed by atoms with Crippen LogP contribution in [0.25, 0.3) is 0 Å². The quantitative estimate of drug-likeness (QED) is 0.857. The van der Waals surface area contributed by atoms with E-state index in [1.807, 2.05) is 18.2 Å². The minimum Gasteiger partial charge on any atom is -0.393 e. The molecular formula is C14H20N2O3S. The Balaban J connectivity index is 1.61. The summed E-state index contributed by atoms with van der Waals surface area (Å²) in [5, 5.41) is 9.22. The summed E-state index contributed by atoms with van der Waals surface area (Å²) < 4.78 is 28.7. The van der Waals surface area contributed by atoms with Crippen molar-refractivity contribution >= 4 is 10.2 Å². The minimum atomic E-state index is -3.41. The molecule has 0 amide bonds. The molecule has 0 atom stereocenters. The molecule has 110 valence electrons. The summed E-state index contributed by atoms with van der Waals surface area (Å²) >= 11 is 0. The molecule has 6 heteroatoms. The van der Waals surface area contributed by atoms with Crippen LogP contribution in [0.2, 0.25) is 0 Å². The van der Waals surface area contributed by atoms with E-state index in [1.165, 1.54) is 9.87 Å². The van der Waals surface area contributed by atoms with E-state index in [0.717, 1.165) is 12.0 Å². The van der Waals surface area contributed by atoms with Gasteiger partial charge in [-0.3, -0.25) is 0 Å². The van der Waals surface area contributed by atoms with E-state index in [0.29, 0.717) is 32.5 Å². The van der Waals surface area contributed by atoms with Gasteiger partial charge in [-0.2, -0.15) is 12.7 Å². The Morgan fingerprint density at radius 2 is 1.95 bits per heavy atom. The first-order valence-electron chi connectivity index (χ1n) is 7.04. The lowest BCUT2D eigenvalue weighted by molar-refractivity contribution is 0.0451. The molecule has 0 spiro atoms. The van der Waals surface area contributed by atoms with E-state index in [-0.39, 0.29) is 12.0 Å². The van der Waals surface area contributed by atoms with Gasteiger partial charge in [0.15, 0.2) is 0 Å². The topological polar surface area (TPSA) is 69.6 Å². The van der Waals surface area contributed by atoms with Gasteiger partial charge < -0.3 is 5.11 Å². The van der Waals surface area contributed by atoms with Crippen LogP contribution >= 0.6 is 0 Å². The van der Waals surface area contributed by atoms with Gasteiger partial charge in [0.05, 0.1) is 6.10 Å². The van der Waals surface area contributed by atoms with E-state index in [9.17, 15) is 13.5 Å². The maximum Gasteiger partial charge on any atom is 0.279 e. The first kappa shape index (κ1) is 14.0. The molecule has 0 unspecified atom stereocenters. The molecule has 0 radical (unpaired) electrons. The second kappa shape index (κ2) is 5.44. The molecule has 3 rings (SSSR count). The summed E-state index contributed by atoms with van der Waals surface area (Å²) in [5.74, 6) is 0.275. The van der Waals surface area contributed by atoms with Crippen molar-refractivity contribution in [1.29, 1.82) is 0 Å². The highest BCUT2D eigenvalue weighted by Gasteiger charge is 2.31. The molecule has 0 bridgehead atoms. The Hall–Kier alpha value is -0.950. The van der Waals surface area contributed by atoms with E-state index < -0.39 is 10.2 Å². The average molecular weight is 296 g/mol. The van der Waals surface area contributed by atoms with Crippen LogP contribution in [-0.4, -0.2) is 37.0 Å². The molecule has 1 aliphatic carbocycles. The molecule has 1 aliphatic heterocycles. The fourth-order valence-electron chi connectivity index (χ4n) is 2.86. The summed E-state index contributed by atoms with van der Waals surface area (Å²) in [4.78, 5) is 0. The van der Waals surface area contributed by atoms with Crippen LogP contribution in [0.1, 0.15) is 24.0 Å². The second-order valence-electron chi connectivity index (χ2n) is 5.70. The van der Waals surface area contributed by atoms with Gasteiger partial charge in [-0.15, -0.1) is 0 Å². The number of fused-ring (bicyclic) bond motifs is 1. The van der Waals surface area contributed by atoms with Crippen LogP contribution < -0.4 is 4.72 Å². The highest BCUT2D eigenvalue weighted by atomic mass is 32.2. The Kier molecular flexibility index (Phi) is 3.81. The zero-order chi connectivity index (χ0) is 14.2. The summed E-state index contributed by atoms with van der Waals surface area (Å²) in [5.41, 5.74) is 2.32. The van der Waals surface area contributed by atoms with Crippen molar-refractivity contribution in [2.75, 3.05) is 13.1 Å². The molecule has 1 aromatic rings. The Morgan fingerprint density at radius 1 is 1.25 bits per heavy atom. The number of nitrogens with zero attached hydrogens (tertiary/aromatic N) is 1. The lowest BCUT2D eigenvalue weighted by Gasteiger charge is -2.33. The van der Waals surface area contributed by atoms with E-state index in [2.05, 4.69) is 10.8 Å². The number of rotatable bonds is 4. The van der Waals surface area contributed by atoms with E-state index >= 15 is 0 Å². The number of hydrogen-bond acceptors (Lipinski definition) is 3. The zero-order valence-electron chi connectivity index (χ0n) is 11.3. The van der Waals surface area contributed by atoms with Crippen LogP contribution in [0.5, 0.6) is 0 Å². The van der Waals surface area contributed by atoms with Gasteiger partial charge >= 0.3 is 0 Å². The zero-order valence-corrected chi connectivity index (χ0v) is 12.1. The number of benzene rings is 1. The molecule has 0 saturated heterocycles. The van der Waals surface area contributed by atoms with Crippen molar-refractivity contribution in [2.45, 2.75) is 31.9 Å². The third kappa shape index (κ3) is 2.88. The summed E-state index contributed by atoms with van der Waals surface area (Å²) in [6.45, 7) is 1.40. The first-order valence-corrected chi connectivity index (χ1v) is 8.48. The maximum atomic E-state index is 12.3. The van der Waals surface area contributed by atoms with Crippen LogP contribution in [0.3, 0.4) is 0 Å². The number of hydrogen-bond donors (Lipinski definition) is 2. The summed E-state index contributed by atoms with van der Waals surface area (Å²) in [6.07, 6.45) is 1.92. The molecule has 2 N–H and O–H groups in total. The van der Waals surface area contributed by atoms with Gasteiger partial charge in [-0.1, -0.05) is 24.3 Å². The largest absolute Gasteiger partial charge is 0.393 e. The predicted molar refractivity (Wildman–Crippen MR) is 76.2 cm³/mol. The molecule has 5 nitrogen and oxygen atoms in total.